The summed E-state index contributed by atoms with van der Waals surface area (Å²) in [4.78, 5) is 18.1. The lowest BCUT2D eigenvalue weighted by Crippen LogP contribution is -2.39. The second-order valence-electron chi connectivity index (χ2n) is 9.04. The van der Waals surface area contributed by atoms with E-state index in [9.17, 15) is 5.11 Å². The number of aryl methyl sites for hydroxylation is 1. The lowest BCUT2D eigenvalue weighted by molar-refractivity contribution is 0.152. The summed E-state index contributed by atoms with van der Waals surface area (Å²) in [6.45, 7) is 4.40. The summed E-state index contributed by atoms with van der Waals surface area (Å²) in [5.41, 5.74) is 4.87. The number of methoxy groups -OCH3 is 2. The number of hydrogen-bond donors (Lipinski definition) is 1. The molecular formula is C27H31N7O3. The van der Waals surface area contributed by atoms with Gasteiger partial charge in [-0.2, -0.15) is 5.10 Å². The topological polar surface area (TPSA) is 101 Å². The van der Waals surface area contributed by atoms with Gasteiger partial charge in [0.1, 0.15) is 11.5 Å². The van der Waals surface area contributed by atoms with Crippen molar-refractivity contribution in [1.29, 1.82) is 0 Å². The molecule has 2 aromatic carbocycles. The van der Waals surface area contributed by atoms with Gasteiger partial charge in [-0.15, -0.1) is 0 Å². The zero-order valence-electron chi connectivity index (χ0n) is 21.5. The first-order valence-electron chi connectivity index (χ1n) is 12.1. The molecule has 5 rings (SSSR count). The van der Waals surface area contributed by atoms with Crippen molar-refractivity contribution in [3.05, 3.63) is 55.0 Å². The Balaban J connectivity index is 1.53. The summed E-state index contributed by atoms with van der Waals surface area (Å²) in [7, 11) is 5.12. The van der Waals surface area contributed by atoms with Crippen molar-refractivity contribution in [3.63, 3.8) is 0 Å². The van der Waals surface area contributed by atoms with Crippen LogP contribution in [0.5, 0.6) is 11.5 Å². The number of aliphatic imine (C=N–C) groups is 1. The molecule has 2 aromatic heterocycles. The number of aliphatic hydroxyl groups excluding tert-OH is 1. The summed E-state index contributed by atoms with van der Waals surface area (Å²) in [6.07, 6.45) is 4.81. The molecule has 0 bridgehead atoms. The van der Waals surface area contributed by atoms with E-state index in [0.717, 1.165) is 52.6 Å². The standard InChI is InChI=1S/C27H31N7O3/c1-18-28-7-8-33(18)16-22(35)17-34(21-9-23(36-3)12-24(10-21)37-4)20-5-6-25-26(11-20)31-27(14-29-25)19-13-30-32(2)15-19/h5-6,9-15,22,35H,7-8,16-17H2,1-4H3. The van der Waals surface area contributed by atoms with Gasteiger partial charge in [0, 0.05) is 61.5 Å². The average Bonchev–Trinajstić information content (AvgIpc) is 3.53. The van der Waals surface area contributed by atoms with E-state index in [4.69, 9.17) is 14.5 Å². The molecule has 1 atom stereocenters. The Morgan fingerprint density at radius 3 is 2.46 bits per heavy atom. The van der Waals surface area contributed by atoms with Crippen LogP contribution < -0.4 is 14.4 Å². The number of hydrogen-bond acceptors (Lipinski definition) is 9. The molecule has 0 saturated heterocycles. The van der Waals surface area contributed by atoms with Crippen molar-refractivity contribution in [1.82, 2.24) is 24.6 Å². The molecule has 192 valence electrons. The highest BCUT2D eigenvalue weighted by atomic mass is 16.5. The molecule has 37 heavy (non-hydrogen) atoms. The van der Waals surface area contributed by atoms with Crippen molar-refractivity contribution < 1.29 is 14.6 Å². The van der Waals surface area contributed by atoms with Crippen molar-refractivity contribution in [3.8, 4) is 22.8 Å². The second kappa shape index (κ2) is 10.4. The van der Waals surface area contributed by atoms with Gasteiger partial charge in [0.15, 0.2) is 0 Å². The van der Waals surface area contributed by atoms with E-state index in [1.165, 1.54) is 0 Å². The van der Waals surface area contributed by atoms with Crippen LogP contribution in [-0.2, 0) is 7.05 Å². The maximum absolute atomic E-state index is 11.1. The van der Waals surface area contributed by atoms with E-state index >= 15 is 0 Å². The molecule has 10 nitrogen and oxygen atoms in total. The SMILES string of the molecule is COc1cc(OC)cc(N(CC(O)CN2CCN=C2C)c2ccc3ncc(-c4cnn(C)c4)nc3c2)c1. The van der Waals surface area contributed by atoms with Crippen molar-refractivity contribution >= 4 is 28.2 Å². The van der Waals surface area contributed by atoms with Gasteiger partial charge in [0.25, 0.3) is 0 Å². The predicted octanol–water partition coefficient (Wildman–Crippen LogP) is 3.28. The summed E-state index contributed by atoms with van der Waals surface area (Å²) >= 11 is 0. The Kier molecular flexibility index (Phi) is 6.91. The number of benzene rings is 2. The lowest BCUT2D eigenvalue weighted by Gasteiger charge is -2.30. The van der Waals surface area contributed by atoms with Crippen molar-refractivity contribution in [2.75, 3.05) is 45.3 Å². The fraction of sp³-hybridized carbons (Fsp3) is 0.333. The number of aliphatic hydroxyl groups is 1. The Hall–Kier alpha value is -4.18. The van der Waals surface area contributed by atoms with Gasteiger partial charge in [-0.05, 0) is 25.1 Å². The molecule has 10 heteroatoms. The monoisotopic (exact) mass is 501 g/mol. The molecule has 1 N–H and O–H groups in total. The van der Waals surface area contributed by atoms with Gasteiger partial charge in [-0.25, -0.2) is 4.98 Å². The minimum absolute atomic E-state index is 0.349. The largest absolute Gasteiger partial charge is 0.497 e. The molecule has 1 unspecified atom stereocenters. The van der Waals surface area contributed by atoms with Crippen LogP contribution in [0.15, 0.2) is 60.0 Å². The number of anilines is 2. The third-order valence-corrected chi connectivity index (χ3v) is 6.48. The van der Waals surface area contributed by atoms with Crippen LogP contribution in [0, 0.1) is 0 Å². The molecule has 0 radical (unpaired) electrons. The number of β-amino-alcohol motifs (C(OH)–C–C–N with tert-alkyl or cyclic N) is 1. The highest BCUT2D eigenvalue weighted by Gasteiger charge is 2.22. The third-order valence-electron chi connectivity index (χ3n) is 6.48. The first-order chi connectivity index (χ1) is 17.9. The smallest absolute Gasteiger partial charge is 0.124 e. The summed E-state index contributed by atoms with van der Waals surface area (Å²) in [5.74, 6) is 2.28. The molecule has 0 fully saturated rings. The zero-order valence-corrected chi connectivity index (χ0v) is 21.5. The number of aromatic nitrogens is 4. The van der Waals surface area contributed by atoms with Crippen LogP contribution in [0.3, 0.4) is 0 Å². The van der Waals surface area contributed by atoms with Crippen LogP contribution in [-0.4, -0.2) is 82.1 Å². The molecule has 1 aliphatic heterocycles. The third kappa shape index (κ3) is 5.34. The molecule has 0 saturated carbocycles. The first-order valence-corrected chi connectivity index (χ1v) is 12.1. The normalized spacial score (nSPS) is 14.1. The van der Waals surface area contributed by atoms with E-state index in [-0.39, 0.29) is 0 Å². The van der Waals surface area contributed by atoms with Gasteiger partial charge < -0.3 is 24.4 Å². The predicted molar refractivity (Wildman–Crippen MR) is 144 cm³/mol. The van der Waals surface area contributed by atoms with Crippen LogP contribution in [0.25, 0.3) is 22.3 Å². The first kappa shape index (κ1) is 24.5. The summed E-state index contributed by atoms with van der Waals surface area (Å²) in [5, 5.41) is 15.4. The van der Waals surface area contributed by atoms with Crippen LogP contribution in [0.2, 0.25) is 0 Å². The van der Waals surface area contributed by atoms with E-state index in [1.807, 2.05) is 56.6 Å². The van der Waals surface area contributed by atoms with E-state index in [2.05, 4.69) is 24.9 Å². The highest BCUT2D eigenvalue weighted by molar-refractivity contribution is 5.83. The second-order valence-corrected chi connectivity index (χ2v) is 9.04. The van der Waals surface area contributed by atoms with Crippen LogP contribution in [0.1, 0.15) is 6.92 Å². The highest BCUT2D eigenvalue weighted by Crippen LogP contribution is 2.34. The molecule has 0 amide bonds. The fourth-order valence-corrected chi connectivity index (χ4v) is 4.51. The molecule has 0 aliphatic carbocycles. The fourth-order valence-electron chi connectivity index (χ4n) is 4.51. The lowest BCUT2D eigenvalue weighted by atomic mass is 10.1. The Morgan fingerprint density at radius 2 is 1.81 bits per heavy atom. The summed E-state index contributed by atoms with van der Waals surface area (Å²) in [6, 6.07) is 11.6. The summed E-state index contributed by atoms with van der Waals surface area (Å²) < 4.78 is 12.8. The van der Waals surface area contributed by atoms with Crippen molar-refractivity contribution in [2.45, 2.75) is 13.0 Å². The van der Waals surface area contributed by atoms with Gasteiger partial charge in [-0.1, -0.05) is 0 Å². The van der Waals surface area contributed by atoms with E-state index in [0.29, 0.717) is 24.6 Å². The van der Waals surface area contributed by atoms with Crippen molar-refractivity contribution in [2.24, 2.45) is 12.0 Å². The average molecular weight is 502 g/mol. The minimum Gasteiger partial charge on any atom is -0.497 e. The number of amidine groups is 1. The number of rotatable bonds is 9. The minimum atomic E-state index is -0.635. The number of nitrogens with zero attached hydrogens (tertiary/aromatic N) is 7. The molecule has 3 heterocycles. The van der Waals surface area contributed by atoms with Gasteiger partial charge in [0.2, 0.25) is 0 Å². The van der Waals surface area contributed by atoms with E-state index < -0.39 is 6.10 Å². The maximum atomic E-state index is 11.1. The molecular weight excluding hydrogens is 470 g/mol. The number of ether oxygens (including phenoxy) is 2. The van der Waals surface area contributed by atoms with Gasteiger partial charge in [0.05, 0.1) is 68.4 Å². The number of fused-ring (bicyclic) bond motifs is 1. The van der Waals surface area contributed by atoms with Crippen LogP contribution in [0.4, 0.5) is 11.4 Å². The van der Waals surface area contributed by atoms with Crippen LogP contribution >= 0.6 is 0 Å². The molecule has 4 aromatic rings. The van der Waals surface area contributed by atoms with Gasteiger partial charge in [-0.3, -0.25) is 14.7 Å². The Bertz CT molecular complexity index is 1410. The quantitative estimate of drug-likeness (QED) is 0.373. The maximum Gasteiger partial charge on any atom is 0.124 e. The zero-order chi connectivity index (χ0) is 25.9. The van der Waals surface area contributed by atoms with Gasteiger partial charge >= 0.3 is 0 Å². The van der Waals surface area contributed by atoms with E-state index in [1.54, 1.807) is 31.3 Å². The molecule has 0 spiro atoms. The Morgan fingerprint density at radius 1 is 1.03 bits per heavy atom. The molecule has 1 aliphatic rings. The Labute approximate surface area is 215 Å².